The van der Waals surface area contributed by atoms with Crippen LogP contribution in [0.2, 0.25) is 0 Å². The monoisotopic (exact) mass is 295 g/mol. The van der Waals surface area contributed by atoms with Crippen LogP contribution in [0.4, 0.5) is 0 Å². The molecule has 0 spiro atoms. The second-order valence-electron chi connectivity index (χ2n) is 3.94. The number of hydrogen-bond acceptors (Lipinski definition) is 6. The summed E-state index contributed by atoms with van der Waals surface area (Å²) in [5.41, 5.74) is 2.18. The Morgan fingerprint density at radius 2 is 2.11 bits per heavy atom. The number of carbonyl (C=O) groups excluding carboxylic acids is 2. The highest BCUT2D eigenvalue weighted by Crippen LogP contribution is 2.32. The molecule has 0 amide bonds. The molecule has 2 aromatic heterocycles. The number of nitrogens with zero attached hydrogens (tertiary/aromatic N) is 1. The second-order valence-corrected chi connectivity index (χ2v) is 5.68. The van der Waals surface area contributed by atoms with E-state index in [1.807, 2.05) is 17.7 Å². The van der Waals surface area contributed by atoms with Crippen molar-refractivity contribution in [2.24, 2.45) is 0 Å². The SMILES string of the molecule is CCOC(=O)c1nc(-c2cscc2C)sc1C(C)=O. The van der Waals surface area contributed by atoms with Crippen molar-refractivity contribution < 1.29 is 14.3 Å². The molecule has 0 N–H and O–H groups in total. The molecule has 0 aliphatic rings. The summed E-state index contributed by atoms with van der Waals surface area (Å²) in [6.45, 7) is 5.40. The molecule has 2 rings (SSSR count). The van der Waals surface area contributed by atoms with Gasteiger partial charge in [0.1, 0.15) is 9.88 Å². The predicted molar refractivity (Wildman–Crippen MR) is 76.1 cm³/mol. The topological polar surface area (TPSA) is 56.3 Å². The minimum atomic E-state index is -0.539. The standard InChI is InChI=1S/C13H13NO3S2/c1-4-17-13(16)10-11(8(3)15)19-12(14-10)9-6-18-5-7(9)2/h5-6H,4H2,1-3H3. The van der Waals surface area contributed by atoms with E-state index in [-0.39, 0.29) is 18.1 Å². The molecule has 0 atom stereocenters. The summed E-state index contributed by atoms with van der Waals surface area (Å²) in [4.78, 5) is 28.1. The van der Waals surface area contributed by atoms with Crippen LogP contribution in [0.5, 0.6) is 0 Å². The van der Waals surface area contributed by atoms with Gasteiger partial charge in [-0.3, -0.25) is 4.79 Å². The van der Waals surface area contributed by atoms with Gasteiger partial charge in [0.2, 0.25) is 0 Å². The largest absolute Gasteiger partial charge is 0.461 e. The second kappa shape index (κ2) is 5.63. The number of esters is 1. The zero-order valence-electron chi connectivity index (χ0n) is 10.9. The summed E-state index contributed by atoms with van der Waals surface area (Å²) in [7, 11) is 0. The quantitative estimate of drug-likeness (QED) is 0.639. The van der Waals surface area contributed by atoms with Crippen molar-refractivity contribution >= 4 is 34.4 Å². The molecule has 0 aromatic carbocycles. The van der Waals surface area contributed by atoms with Crippen LogP contribution in [0.15, 0.2) is 10.8 Å². The molecule has 6 heteroatoms. The fourth-order valence-corrected chi connectivity index (χ4v) is 3.53. The van der Waals surface area contributed by atoms with E-state index in [9.17, 15) is 9.59 Å². The molecule has 0 saturated heterocycles. The Labute approximate surface area is 119 Å². The van der Waals surface area contributed by atoms with Gasteiger partial charge in [-0.1, -0.05) is 0 Å². The number of carbonyl (C=O) groups is 2. The van der Waals surface area contributed by atoms with Crippen LogP contribution in [-0.4, -0.2) is 23.3 Å². The lowest BCUT2D eigenvalue weighted by molar-refractivity contribution is 0.0517. The van der Waals surface area contributed by atoms with Crippen LogP contribution < -0.4 is 0 Å². The molecule has 0 fully saturated rings. The Kier molecular flexibility index (Phi) is 4.11. The van der Waals surface area contributed by atoms with Gasteiger partial charge in [-0.2, -0.15) is 11.3 Å². The normalized spacial score (nSPS) is 10.5. The first-order valence-electron chi connectivity index (χ1n) is 5.76. The molecule has 2 heterocycles. The van der Waals surface area contributed by atoms with E-state index in [1.54, 1.807) is 18.3 Å². The van der Waals surface area contributed by atoms with Gasteiger partial charge in [-0.05, 0) is 24.8 Å². The number of rotatable bonds is 4. The number of ketones is 1. The minimum absolute atomic E-state index is 0.125. The number of aromatic nitrogens is 1. The summed E-state index contributed by atoms with van der Waals surface area (Å²) < 4.78 is 4.94. The van der Waals surface area contributed by atoms with E-state index in [0.29, 0.717) is 9.88 Å². The first-order valence-corrected chi connectivity index (χ1v) is 7.52. The van der Waals surface area contributed by atoms with Crippen LogP contribution in [-0.2, 0) is 4.74 Å². The van der Waals surface area contributed by atoms with Gasteiger partial charge in [0.15, 0.2) is 11.5 Å². The highest BCUT2D eigenvalue weighted by atomic mass is 32.1. The summed E-state index contributed by atoms with van der Waals surface area (Å²) >= 11 is 2.81. The van der Waals surface area contributed by atoms with Crippen molar-refractivity contribution in [2.45, 2.75) is 20.8 Å². The third-order valence-electron chi connectivity index (χ3n) is 2.50. The molecule has 0 bridgehead atoms. The van der Waals surface area contributed by atoms with E-state index in [0.717, 1.165) is 11.1 Å². The van der Waals surface area contributed by atoms with Crippen molar-refractivity contribution in [1.82, 2.24) is 4.98 Å². The Balaban J connectivity index is 2.49. The maximum Gasteiger partial charge on any atom is 0.358 e. The molecule has 2 aromatic rings. The zero-order valence-corrected chi connectivity index (χ0v) is 12.5. The van der Waals surface area contributed by atoms with Crippen LogP contribution >= 0.6 is 22.7 Å². The Morgan fingerprint density at radius 3 is 2.63 bits per heavy atom. The number of ether oxygens (including phenoxy) is 1. The van der Waals surface area contributed by atoms with E-state index in [2.05, 4.69) is 4.98 Å². The van der Waals surface area contributed by atoms with E-state index in [4.69, 9.17) is 4.74 Å². The van der Waals surface area contributed by atoms with Crippen LogP contribution in [0.25, 0.3) is 10.6 Å². The van der Waals surface area contributed by atoms with Gasteiger partial charge >= 0.3 is 5.97 Å². The number of hydrogen-bond donors (Lipinski definition) is 0. The summed E-state index contributed by atoms with van der Waals surface area (Å²) in [5.74, 6) is -0.706. The molecule has 4 nitrogen and oxygen atoms in total. The molecule has 0 aliphatic carbocycles. The molecular formula is C13H13NO3S2. The third kappa shape index (κ3) is 2.74. The van der Waals surface area contributed by atoms with Crippen LogP contribution in [0.1, 0.15) is 39.6 Å². The lowest BCUT2D eigenvalue weighted by Gasteiger charge is -1.98. The molecule has 19 heavy (non-hydrogen) atoms. The molecule has 0 saturated carbocycles. The summed E-state index contributed by atoms with van der Waals surface area (Å²) in [5, 5.41) is 4.66. The number of Topliss-reactive ketones (excluding diaryl/α,β-unsaturated/α-hetero) is 1. The number of aryl methyl sites for hydroxylation is 1. The van der Waals surface area contributed by atoms with E-state index in [1.165, 1.54) is 18.3 Å². The van der Waals surface area contributed by atoms with Crippen LogP contribution in [0, 0.1) is 6.92 Å². The fourth-order valence-electron chi connectivity index (χ4n) is 1.59. The van der Waals surface area contributed by atoms with Gasteiger partial charge in [-0.15, -0.1) is 11.3 Å². The lowest BCUT2D eigenvalue weighted by Crippen LogP contribution is -2.09. The lowest BCUT2D eigenvalue weighted by atomic mass is 10.2. The molecular weight excluding hydrogens is 282 g/mol. The molecule has 0 aliphatic heterocycles. The zero-order chi connectivity index (χ0) is 14.0. The van der Waals surface area contributed by atoms with E-state index >= 15 is 0 Å². The summed E-state index contributed by atoms with van der Waals surface area (Å²) in [6, 6.07) is 0. The number of thiophene rings is 1. The Hall–Kier alpha value is -1.53. The molecule has 100 valence electrons. The van der Waals surface area contributed by atoms with E-state index < -0.39 is 5.97 Å². The van der Waals surface area contributed by atoms with Crippen molar-refractivity contribution in [2.75, 3.05) is 6.61 Å². The Morgan fingerprint density at radius 1 is 1.37 bits per heavy atom. The smallest absolute Gasteiger partial charge is 0.358 e. The van der Waals surface area contributed by atoms with Crippen molar-refractivity contribution in [3.63, 3.8) is 0 Å². The maximum atomic E-state index is 11.8. The third-order valence-corrected chi connectivity index (χ3v) is 4.55. The molecule has 0 radical (unpaired) electrons. The first kappa shape index (κ1) is 13.9. The van der Waals surface area contributed by atoms with Gasteiger partial charge in [0.05, 0.1) is 6.61 Å². The van der Waals surface area contributed by atoms with Crippen LogP contribution in [0.3, 0.4) is 0 Å². The number of thiazole rings is 1. The van der Waals surface area contributed by atoms with Gasteiger partial charge in [-0.25, -0.2) is 9.78 Å². The predicted octanol–water partition coefficient (Wildman–Crippen LogP) is 3.56. The summed E-state index contributed by atoms with van der Waals surface area (Å²) in [6.07, 6.45) is 0. The highest BCUT2D eigenvalue weighted by Gasteiger charge is 2.23. The average Bonchev–Trinajstić information content (AvgIpc) is 2.94. The van der Waals surface area contributed by atoms with Crippen molar-refractivity contribution in [3.05, 3.63) is 26.9 Å². The van der Waals surface area contributed by atoms with Gasteiger partial charge in [0, 0.05) is 17.9 Å². The minimum Gasteiger partial charge on any atom is -0.461 e. The molecule has 0 unspecified atom stereocenters. The first-order chi connectivity index (χ1) is 9.04. The van der Waals surface area contributed by atoms with Crippen molar-refractivity contribution in [1.29, 1.82) is 0 Å². The maximum absolute atomic E-state index is 11.8. The highest BCUT2D eigenvalue weighted by molar-refractivity contribution is 7.17. The average molecular weight is 295 g/mol. The van der Waals surface area contributed by atoms with Gasteiger partial charge < -0.3 is 4.74 Å². The van der Waals surface area contributed by atoms with Crippen molar-refractivity contribution in [3.8, 4) is 10.6 Å². The fraction of sp³-hybridized carbons (Fsp3) is 0.308. The van der Waals surface area contributed by atoms with Gasteiger partial charge in [0.25, 0.3) is 0 Å². The Bertz CT molecular complexity index is 628.